The number of hydrogen-bond donors (Lipinski definition) is 2. The van der Waals surface area contributed by atoms with Crippen LogP contribution in [0.15, 0.2) is 46.6 Å². The van der Waals surface area contributed by atoms with Gasteiger partial charge in [0.2, 0.25) is 0 Å². The maximum atomic E-state index is 12.4. The van der Waals surface area contributed by atoms with E-state index >= 15 is 0 Å². The van der Waals surface area contributed by atoms with Crippen molar-refractivity contribution < 1.29 is 0 Å². The Bertz CT molecular complexity index is 1260. The highest BCUT2D eigenvalue weighted by atomic mass is 32.1. The number of aromatic nitrogens is 1. The molecule has 0 aliphatic heterocycles. The summed E-state index contributed by atoms with van der Waals surface area (Å²) in [5.74, 6) is 0.282. The third-order valence-electron chi connectivity index (χ3n) is 5.15. The molecule has 1 atom stereocenters. The van der Waals surface area contributed by atoms with Crippen molar-refractivity contribution in [3.8, 4) is 17.2 Å². The average molecular weight is 373 g/mol. The van der Waals surface area contributed by atoms with E-state index in [0.29, 0.717) is 16.8 Å². The van der Waals surface area contributed by atoms with Crippen molar-refractivity contribution in [2.24, 2.45) is 5.73 Å². The SMILES string of the molecule is Cc1cc(C#N)c(-c2ccc([C@@H](C)CN)cc2)c2c1[nH]c(=O)c1sccc12. The van der Waals surface area contributed by atoms with Gasteiger partial charge < -0.3 is 10.7 Å². The molecule has 3 N–H and O–H groups in total. The lowest BCUT2D eigenvalue weighted by Gasteiger charge is -2.14. The normalized spacial score (nSPS) is 12.4. The Kier molecular flexibility index (Phi) is 4.31. The summed E-state index contributed by atoms with van der Waals surface area (Å²) in [6.45, 7) is 4.61. The van der Waals surface area contributed by atoms with Crippen molar-refractivity contribution in [1.29, 1.82) is 5.26 Å². The Hall–Kier alpha value is -2.94. The molecular weight excluding hydrogens is 354 g/mol. The molecule has 134 valence electrons. The highest BCUT2D eigenvalue weighted by molar-refractivity contribution is 7.17. The molecule has 0 aliphatic rings. The van der Waals surface area contributed by atoms with Gasteiger partial charge in [0.05, 0.1) is 17.1 Å². The fourth-order valence-electron chi connectivity index (χ4n) is 3.60. The lowest BCUT2D eigenvalue weighted by Crippen LogP contribution is -2.08. The summed E-state index contributed by atoms with van der Waals surface area (Å²) in [7, 11) is 0. The van der Waals surface area contributed by atoms with E-state index in [0.717, 1.165) is 33.0 Å². The fourth-order valence-corrected chi connectivity index (χ4v) is 4.40. The molecule has 2 aromatic heterocycles. The van der Waals surface area contributed by atoms with E-state index < -0.39 is 0 Å². The predicted octanol–water partition coefficient (Wildman–Crippen LogP) is 4.65. The number of nitrogens with two attached hydrogens (primary N) is 1. The summed E-state index contributed by atoms with van der Waals surface area (Å²) in [4.78, 5) is 15.5. The van der Waals surface area contributed by atoms with Crippen LogP contribution in [0.3, 0.4) is 0 Å². The van der Waals surface area contributed by atoms with Crippen LogP contribution in [0.5, 0.6) is 0 Å². The van der Waals surface area contributed by atoms with Crippen molar-refractivity contribution >= 4 is 32.3 Å². The van der Waals surface area contributed by atoms with E-state index in [1.54, 1.807) is 0 Å². The standard InChI is InChI=1S/C22H19N3OS/c1-12-9-16(11-24)18(15-5-3-14(4-6-15)13(2)10-23)19-17-7-8-27-21(17)22(26)25-20(12)19/h3-9,13H,10,23H2,1-2H3,(H,25,26)/t13-/m0/s1. The van der Waals surface area contributed by atoms with E-state index in [-0.39, 0.29) is 11.5 Å². The van der Waals surface area contributed by atoms with Gasteiger partial charge in [-0.3, -0.25) is 4.79 Å². The topological polar surface area (TPSA) is 82.7 Å². The maximum absolute atomic E-state index is 12.4. The molecule has 0 radical (unpaired) electrons. The van der Waals surface area contributed by atoms with E-state index in [4.69, 9.17) is 5.73 Å². The van der Waals surface area contributed by atoms with Gasteiger partial charge in [-0.25, -0.2) is 0 Å². The molecule has 0 aliphatic carbocycles. The Balaban J connectivity index is 2.10. The molecule has 0 amide bonds. The number of hydrogen-bond acceptors (Lipinski definition) is 4. The van der Waals surface area contributed by atoms with Gasteiger partial charge in [0, 0.05) is 16.3 Å². The summed E-state index contributed by atoms with van der Waals surface area (Å²) in [6, 6.07) is 14.4. The van der Waals surface area contributed by atoms with Gasteiger partial charge in [0.15, 0.2) is 0 Å². The number of thiophene rings is 1. The zero-order valence-corrected chi connectivity index (χ0v) is 16.0. The molecule has 2 heterocycles. The number of aryl methyl sites for hydroxylation is 1. The first-order chi connectivity index (χ1) is 13.0. The molecular formula is C22H19N3OS. The minimum absolute atomic E-state index is 0.0848. The zero-order valence-electron chi connectivity index (χ0n) is 15.2. The van der Waals surface area contributed by atoms with Gasteiger partial charge >= 0.3 is 0 Å². The summed E-state index contributed by atoms with van der Waals surface area (Å²) < 4.78 is 0.687. The van der Waals surface area contributed by atoms with Crippen LogP contribution in [0.2, 0.25) is 0 Å². The minimum Gasteiger partial charge on any atom is -0.330 e. The highest BCUT2D eigenvalue weighted by Gasteiger charge is 2.17. The smallest absolute Gasteiger partial charge is 0.266 e. The molecule has 0 fully saturated rings. The molecule has 2 aromatic carbocycles. The van der Waals surface area contributed by atoms with Crippen LogP contribution in [0.25, 0.3) is 32.1 Å². The van der Waals surface area contributed by atoms with Gasteiger partial charge in [-0.05, 0) is 53.6 Å². The molecule has 5 heteroatoms. The second-order valence-electron chi connectivity index (χ2n) is 6.85. The second kappa shape index (κ2) is 6.66. The number of nitriles is 1. The van der Waals surface area contributed by atoms with Gasteiger partial charge in [-0.2, -0.15) is 5.26 Å². The average Bonchev–Trinajstić information content (AvgIpc) is 3.18. The van der Waals surface area contributed by atoms with Crippen LogP contribution in [-0.4, -0.2) is 11.5 Å². The Morgan fingerprint density at radius 2 is 2.00 bits per heavy atom. The number of nitrogens with one attached hydrogen (secondary N) is 1. The first-order valence-electron chi connectivity index (χ1n) is 8.82. The fraction of sp³-hybridized carbons (Fsp3) is 0.182. The van der Waals surface area contributed by atoms with E-state index in [1.165, 1.54) is 16.9 Å². The van der Waals surface area contributed by atoms with Crippen molar-refractivity contribution in [1.82, 2.24) is 4.98 Å². The second-order valence-corrected chi connectivity index (χ2v) is 7.77. The van der Waals surface area contributed by atoms with Gasteiger partial charge in [0.25, 0.3) is 5.56 Å². The molecule has 0 unspecified atom stereocenters. The van der Waals surface area contributed by atoms with Crippen molar-refractivity contribution in [3.05, 3.63) is 68.8 Å². The minimum atomic E-state index is -0.0848. The van der Waals surface area contributed by atoms with Gasteiger partial charge in [-0.1, -0.05) is 31.2 Å². The summed E-state index contributed by atoms with van der Waals surface area (Å²) in [5.41, 5.74) is 11.0. The van der Waals surface area contributed by atoms with Gasteiger partial charge in [-0.15, -0.1) is 11.3 Å². The number of nitrogens with zero attached hydrogens (tertiary/aromatic N) is 1. The Labute approximate surface area is 160 Å². The number of fused-ring (bicyclic) bond motifs is 3. The summed E-state index contributed by atoms with van der Waals surface area (Å²) in [6.07, 6.45) is 0. The highest BCUT2D eigenvalue weighted by Crippen LogP contribution is 2.38. The number of aromatic amines is 1. The van der Waals surface area contributed by atoms with Crippen LogP contribution >= 0.6 is 11.3 Å². The number of rotatable bonds is 3. The number of benzene rings is 2. The van der Waals surface area contributed by atoms with Crippen LogP contribution in [0.4, 0.5) is 0 Å². The lowest BCUT2D eigenvalue weighted by atomic mass is 9.90. The van der Waals surface area contributed by atoms with Crippen molar-refractivity contribution in [3.63, 3.8) is 0 Å². The number of pyridine rings is 1. The Morgan fingerprint density at radius 3 is 2.67 bits per heavy atom. The molecule has 0 saturated carbocycles. The van der Waals surface area contributed by atoms with Crippen LogP contribution in [0, 0.1) is 18.3 Å². The van der Waals surface area contributed by atoms with Crippen LogP contribution < -0.4 is 11.3 Å². The van der Waals surface area contributed by atoms with E-state index in [2.05, 4.69) is 30.1 Å². The third kappa shape index (κ3) is 2.74. The monoisotopic (exact) mass is 373 g/mol. The molecule has 27 heavy (non-hydrogen) atoms. The van der Waals surface area contributed by atoms with Crippen molar-refractivity contribution in [2.45, 2.75) is 19.8 Å². The quantitative estimate of drug-likeness (QED) is 0.548. The third-order valence-corrected chi connectivity index (χ3v) is 6.06. The summed E-state index contributed by atoms with van der Waals surface area (Å²) >= 11 is 1.42. The predicted molar refractivity (Wildman–Crippen MR) is 112 cm³/mol. The molecule has 4 nitrogen and oxygen atoms in total. The molecule has 4 rings (SSSR count). The molecule has 4 aromatic rings. The first-order valence-corrected chi connectivity index (χ1v) is 9.70. The van der Waals surface area contributed by atoms with E-state index in [9.17, 15) is 10.1 Å². The molecule has 0 spiro atoms. The number of H-pyrrole nitrogens is 1. The molecule has 0 bridgehead atoms. The van der Waals surface area contributed by atoms with Crippen LogP contribution in [0.1, 0.15) is 29.5 Å². The maximum Gasteiger partial charge on any atom is 0.266 e. The Morgan fingerprint density at radius 1 is 1.26 bits per heavy atom. The largest absolute Gasteiger partial charge is 0.330 e. The first kappa shape index (κ1) is 17.5. The van der Waals surface area contributed by atoms with E-state index in [1.807, 2.05) is 36.6 Å². The van der Waals surface area contributed by atoms with Crippen LogP contribution in [-0.2, 0) is 0 Å². The zero-order chi connectivity index (χ0) is 19.1. The molecule has 0 saturated heterocycles. The lowest BCUT2D eigenvalue weighted by molar-refractivity contribution is 0.774. The van der Waals surface area contributed by atoms with Gasteiger partial charge in [0.1, 0.15) is 4.70 Å². The summed E-state index contributed by atoms with van der Waals surface area (Å²) in [5, 5.41) is 13.5. The van der Waals surface area contributed by atoms with Crippen molar-refractivity contribution in [2.75, 3.05) is 6.54 Å².